The second-order valence-electron chi connectivity index (χ2n) is 4.24. The first kappa shape index (κ1) is 16.3. The number of hydrogen-bond acceptors (Lipinski definition) is 3. The number of thioether (sulfide) groups is 1. The number of alkyl halides is 1. The Morgan fingerprint density at radius 3 is 2.57 bits per heavy atom. The van der Waals surface area contributed by atoms with Crippen LogP contribution in [-0.4, -0.2) is 19.5 Å². The lowest BCUT2D eigenvalue weighted by molar-refractivity contribution is 0.311. The second-order valence-corrected chi connectivity index (χ2v) is 6.11. The SMILES string of the molecule is COc1cc(Cl)cc(CCl)c1OCCSc1ccccc1. The van der Waals surface area contributed by atoms with Crippen LogP contribution in [0.2, 0.25) is 5.02 Å². The fraction of sp³-hybridized carbons (Fsp3) is 0.250. The van der Waals surface area contributed by atoms with Gasteiger partial charge in [0.25, 0.3) is 0 Å². The Hall–Kier alpha value is -1.03. The molecule has 0 spiro atoms. The summed E-state index contributed by atoms with van der Waals surface area (Å²) in [5, 5.41) is 0.591. The van der Waals surface area contributed by atoms with Crippen LogP contribution in [-0.2, 0) is 5.88 Å². The maximum atomic E-state index is 6.02. The first-order valence-electron chi connectivity index (χ1n) is 6.47. The first-order valence-corrected chi connectivity index (χ1v) is 8.37. The van der Waals surface area contributed by atoms with Crippen molar-refractivity contribution in [2.24, 2.45) is 0 Å². The van der Waals surface area contributed by atoms with Crippen molar-refractivity contribution >= 4 is 35.0 Å². The molecule has 0 bridgehead atoms. The summed E-state index contributed by atoms with van der Waals surface area (Å²) in [5.41, 5.74) is 0.839. The normalized spacial score (nSPS) is 10.4. The van der Waals surface area contributed by atoms with Gasteiger partial charge in [0.1, 0.15) is 0 Å². The highest BCUT2D eigenvalue weighted by molar-refractivity contribution is 7.99. The van der Waals surface area contributed by atoms with Crippen LogP contribution < -0.4 is 9.47 Å². The average Bonchev–Trinajstić information content (AvgIpc) is 2.52. The van der Waals surface area contributed by atoms with Crippen LogP contribution in [0.1, 0.15) is 5.56 Å². The molecule has 0 saturated heterocycles. The molecular weight excluding hydrogens is 327 g/mol. The quantitative estimate of drug-likeness (QED) is 0.388. The zero-order valence-corrected chi connectivity index (χ0v) is 14.0. The molecule has 0 aliphatic rings. The Kier molecular flexibility index (Phi) is 6.55. The Morgan fingerprint density at radius 1 is 1.14 bits per heavy atom. The molecule has 0 amide bonds. The summed E-state index contributed by atoms with van der Waals surface area (Å²) in [7, 11) is 1.59. The summed E-state index contributed by atoms with van der Waals surface area (Å²) in [4.78, 5) is 1.22. The van der Waals surface area contributed by atoms with Crippen LogP contribution in [0.15, 0.2) is 47.4 Å². The molecule has 112 valence electrons. The number of ether oxygens (including phenoxy) is 2. The molecule has 2 aromatic carbocycles. The van der Waals surface area contributed by atoms with Crippen molar-refractivity contribution in [3.05, 3.63) is 53.1 Å². The van der Waals surface area contributed by atoms with Gasteiger partial charge >= 0.3 is 0 Å². The average molecular weight is 343 g/mol. The summed E-state index contributed by atoms with van der Waals surface area (Å²) >= 11 is 13.7. The lowest BCUT2D eigenvalue weighted by Crippen LogP contribution is -2.04. The Morgan fingerprint density at radius 2 is 1.90 bits per heavy atom. The fourth-order valence-corrected chi connectivity index (χ4v) is 3.04. The summed E-state index contributed by atoms with van der Waals surface area (Å²) in [6.07, 6.45) is 0. The number of halogens is 2. The smallest absolute Gasteiger partial charge is 0.165 e. The van der Waals surface area contributed by atoms with E-state index in [0.717, 1.165) is 11.3 Å². The van der Waals surface area contributed by atoms with E-state index in [4.69, 9.17) is 32.7 Å². The predicted molar refractivity (Wildman–Crippen MR) is 90.2 cm³/mol. The third-order valence-corrected chi connectivity index (χ3v) is 4.28. The van der Waals surface area contributed by atoms with Crippen molar-refractivity contribution in [1.82, 2.24) is 0 Å². The van der Waals surface area contributed by atoms with E-state index in [-0.39, 0.29) is 0 Å². The van der Waals surface area contributed by atoms with E-state index >= 15 is 0 Å². The third kappa shape index (κ3) is 4.73. The van der Waals surface area contributed by atoms with E-state index in [0.29, 0.717) is 29.0 Å². The molecule has 0 fully saturated rings. The monoisotopic (exact) mass is 342 g/mol. The van der Waals surface area contributed by atoms with Crippen LogP contribution in [0.5, 0.6) is 11.5 Å². The highest BCUT2D eigenvalue weighted by atomic mass is 35.5. The van der Waals surface area contributed by atoms with Crippen LogP contribution in [0, 0.1) is 0 Å². The molecule has 21 heavy (non-hydrogen) atoms. The van der Waals surface area contributed by atoms with E-state index in [2.05, 4.69) is 12.1 Å². The van der Waals surface area contributed by atoms with E-state index < -0.39 is 0 Å². The van der Waals surface area contributed by atoms with Crippen molar-refractivity contribution in [2.45, 2.75) is 10.8 Å². The zero-order valence-electron chi connectivity index (χ0n) is 11.6. The molecule has 0 saturated carbocycles. The van der Waals surface area contributed by atoms with Crippen molar-refractivity contribution in [2.75, 3.05) is 19.5 Å². The van der Waals surface area contributed by atoms with E-state index in [1.54, 1.807) is 31.0 Å². The molecule has 0 unspecified atom stereocenters. The minimum absolute atomic E-state index is 0.331. The van der Waals surface area contributed by atoms with Gasteiger partial charge in [-0.1, -0.05) is 29.8 Å². The van der Waals surface area contributed by atoms with Crippen LogP contribution >= 0.6 is 35.0 Å². The lowest BCUT2D eigenvalue weighted by atomic mass is 10.2. The zero-order chi connectivity index (χ0) is 15.1. The Labute approximate surface area is 139 Å². The molecule has 5 heteroatoms. The number of rotatable bonds is 7. The third-order valence-electron chi connectivity index (χ3n) is 2.80. The second kappa shape index (κ2) is 8.42. The van der Waals surface area contributed by atoms with Gasteiger partial charge in [-0.15, -0.1) is 23.4 Å². The van der Waals surface area contributed by atoms with Crippen LogP contribution in [0.3, 0.4) is 0 Å². The molecule has 0 aliphatic carbocycles. The Balaban J connectivity index is 1.96. The molecule has 2 rings (SSSR count). The highest BCUT2D eigenvalue weighted by Crippen LogP contribution is 2.35. The highest BCUT2D eigenvalue weighted by Gasteiger charge is 2.12. The summed E-state index contributed by atoms with van der Waals surface area (Å²) < 4.78 is 11.1. The van der Waals surface area contributed by atoms with Gasteiger partial charge in [-0.25, -0.2) is 0 Å². The van der Waals surface area contributed by atoms with Gasteiger partial charge in [0, 0.05) is 27.3 Å². The minimum atomic E-state index is 0.331. The van der Waals surface area contributed by atoms with Crippen molar-refractivity contribution in [1.29, 1.82) is 0 Å². The first-order chi connectivity index (χ1) is 10.2. The van der Waals surface area contributed by atoms with Crippen molar-refractivity contribution in [3.63, 3.8) is 0 Å². The summed E-state index contributed by atoms with van der Waals surface area (Å²) in [5.74, 6) is 2.46. The van der Waals surface area contributed by atoms with Crippen molar-refractivity contribution in [3.8, 4) is 11.5 Å². The Bertz CT molecular complexity index is 551. The fourth-order valence-electron chi connectivity index (χ4n) is 1.86. The maximum Gasteiger partial charge on any atom is 0.165 e. The molecular formula is C16H16Cl2O2S. The van der Waals surface area contributed by atoms with E-state index in [1.807, 2.05) is 18.2 Å². The molecule has 2 aromatic rings. The lowest BCUT2D eigenvalue weighted by Gasteiger charge is -2.14. The number of hydrogen-bond donors (Lipinski definition) is 0. The van der Waals surface area contributed by atoms with Gasteiger partial charge in [0.2, 0.25) is 0 Å². The van der Waals surface area contributed by atoms with Crippen LogP contribution in [0.25, 0.3) is 0 Å². The van der Waals surface area contributed by atoms with Gasteiger partial charge in [0.05, 0.1) is 19.6 Å². The summed E-state index contributed by atoms with van der Waals surface area (Å²) in [6, 6.07) is 13.8. The van der Waals surface area contributed by atoms with Crippen LogP contribution in [0.4, 0.5) is 0 Å². The molecule has 0 atom stereocenters. The van der Waals surface area contributed by atoms with Gasteiger partial charge < -0.3 is 9.47 Å². The molecule has 0 radical (unpaired) electrons. The molecule has 2 nitrogen and oxygen atoms in total. The minimum Gasteiger partial charge on any atom is -0.493 e. The van der Waals surface area contributed by atoms with Gasteiger partial charge in [-0.3, -0.25) is 0 Å². The van der Waals surface area contributed by atoms with Gasteiger partial charge in [-0.05, 0) is 18.2 Å². The van der Waals surface area contributed by atoms with E-state index in [9.17, 15) is 0 Å². The predicted octanol–water partition coefficient (Wildman–Crippen LogP) is 5.26. The largest absolute Gasteiger partial charge is 0.493 e. The molecule has 0 aliphatic heterocycles. The standard InChI is InChI=1S/C16H16Cl2O2S/c1-19-15-10-13(18)9-12(11-17)16(15)20-7-8-21-14-5-3-2-4-6-14/h2-6,9-10H,7-8,11H2,1H3. The number of methoxy groups -OCH3 is 1. The topological polar surface area (TPSA) is 18.5 Å². The van der Waals surface area contributed by atoms with Gasteiger partial charge in [0.15, 0.2) is 11.5 Å². The number of benzene rings is 2. The summed E-state index contributed by atoms with van der Waals surface area (Å²) in [6.45, 7) is 0.571. The molecule has 0 N–H and O–H groups in total. The maximum absolute atomic E-state index is 6.02. The van der Waals surface area contributed by atoms with Crippen molar-refractivity contribution < 1.29 is 9.47 Å². The molecule has 0 heterocycles. The molecule has 0 aromatic heterocycles. The van der Waals surface area contributed by atoms with E-state index in [1.165, 1.54) is 4.90 Å². The van der Waals surface area contributed by atoms with Gasteiger partial charge in [-0.2, -0.15) is 0 Å².